The minimum atomic E-state index is 1.37. The Kier molecular flexibility index (Phi) is 8.75. The topological polar surface area (TPSA) is 0 Å². The van der Waals surface area contributed by atoms with Gasteiger partial charge in [-0.05, 0) is 32.1 Å². The van der Waals surface area contributed by atoms with Crippen LogP contribution in [0.25, 0.3) is 0 Å². The highest BCUT2D eigenvalue weighted by atomic mass is 15.3. The number of hydrogen-bond acceptors (Lipinski definition) is 0. The SMILES string of the molecule is CCCCCCCCCCC[N+]1(C)CCCCC1. The molecule has 0 bridgehead atoms. The molecule has 1 heteroatoms. The first kappa shape index (κ1) is 16.0. The summed E-state index contributed by atoms with van der Waals surface area (Å²) < 4.78 is 1.37. The van der Waals surface area contributed by atoms with Gasteiger partial charge < -0.3 is 4.48 Å². The zero-order valence-corrected chi connectivity index (χ0v) is 13.1. The van der Waals surface area contributed by atoms with Gasteiger partial charge in [0.1, 0.15) is 0 Å². The molecule has 0 atom stereocenters. The third-order valence-electron chi connectivity index (χ3n) is 4.70. The molecule has 0 N–H and O–H groups in total. The van der Waals surface area contributed by atoms with Crippen LogP contribution in [0.5, 0.6) is 0 Å². The maximum absolute atomic E-state index is 2.48. The second kappa shape index (κ2) is 9.83. The van der Waals surface area contributed by atoms with Crippen molar-refractivity contribution in [1.29, 1.82) is 0 Å². The van der Waals surface area contributed by atoms with E-state index in [1.54, 1.807) is 0 Å². The molecular formula is C17H36N+. The van der Waals surface area contributed by atoms with Gasteiger partial charge in [0, 0.05) is 0 Å². The van der Waals surface area contributed by atoms with Crippen LogP contribution in [0, 0.1) is 0 Å². The average molecular weight is 254 g/mol. The van der Waals surface area contributed by atoms with Crippen molar-refractivity contribution >= 4 is 0 Å². The zero-order valence-electron chi connectivity index (χ0n) is 13.1. The van der Waals surface area contributed by atoms with Gasteiger partial charge in [-0.3, -0.25) is 0 Å². The minimum absolute atomic E-state index is 1.37. The van der Waals surface area contributed by atoms with Crippen molar-refractivity contribution < 1.29 is 4.48 Å². The molecule has 1 fully saturated rings. The Balaban J connectivity index is 1.86. The van der Waals surface area contributed by atoms with Crippen molar-refractivity contribution in [2.24, 2.45) is 0 Å². The normalized spacial score (nSPS) is 19.0. The molecule has 0 aromatic carbocycles. The van der Waals surface area contributed by atoms with Gasteiger partial charge in [-0.15, -0.1) is 0 Å². The van der Waals surface area contributed by atoms with E-state index in [4.69, 9.17) is 0 Å². The third-order valence-corrected chi connectivity index (χ3v) is 4.70. The van der Waals surface area contributed by atoms with E-state index in [9.17, 15) is 0 Å². The monoisotopic (exact) mass is 254 g/mol. The molecule has 0 aromatic heterocycles. The molecule has 0 saturated carbocycles. The predicted molar refractivity (Wildman–Crippen MR) is 81.9 cm³/mol. The van der Waals surface area contributed by atoms with E-state index in [2.05, 4.69) is 14.0 Å². The van der Waals surface area contributed by atoms with E-state index in [1.165, 1.54) is 101 Å². The van der Waals surface area contributed by atoms with Crippen LogP contribution in [0.1, 0.15) is 84.0 Å². The van der Waals surface area contributed by atoms with E-state index < -0.39 is 0 Å². The van der Waals surface area contributed by atoms with Crippen LogP contribution in [-0.4, -0.2) is 31.2 Å². The van der Waals surface area contributed by atoms with Crippen molar-refractivity contribution in [3.63, 3.8) is 0 Å². The van der Waals surface area contributed by atoms with Crippen molar-refractivity contribution in [1.82, 2.24) is 0 Å². The summed E-state index contributed by atoms with van der Waals surface area (Å²) >= 11 is 0. The number of nitrogens with zero attached hydrogens (tertiary/aromatic N) is 1. The van der Waals surface area contributed by atoms with E-state index in [0.29, 0.717) is 0 Å². The zero-order chi connectivity index (χ0) is 13.1. The molecule has 1 aliphatic rings. The molecule has 0 aromatic rings. The first-order valence-corrected chi connectivity index (χ1v) is 8.60. The number of piperidine rings is 1. The fourth-order valence-electron chi connectivity index (χ4n) is 3.30. The maximum Gasteiger partial charge on any atom is 0.0784 e. The Hall–Kier alpha value is -0.0400. The summed E-state index contributed by atoms with van der Waals surface area (Å²) in [6.45, 7) is 6.62. The van der Waals surface area contributed by atoms with Gasteiger partial charge >= 0.3 is 0 Å². The van der Waals surface area contributed by atoms with Gasteiger partial charge in [0.2, 0.25) is 0 Å². The lowest BCUT2D eigenvalue weighted by molar-refractivity contribution is -0.914. The van der Waals surface area contributed by atoms with Gasteiger partial charge in [0.05, 0.1) is 26.7 Å². The van der Waals surface area contributed by atoms with Crippen LogP contribution in [-0.2, 0) is 0 Å². The number of hydrogen-bond donors (Lipinski definition) is 0. The number of likely N-dealkylation sites (tertiary alicyclic amines) is 1. The summed E-state index contributed by atoms with van der Waals surface area (Å²) in [7, 11) is 2.48. The lowest BCUT2D eigenvalue weighted by Crippen LogP contribution is -2.48. The van der Waals surface area contributed by atoms with Crippen molar-refractivity contribution in [3.8, 4) is 0 Å². The molecule has 0 unspecified atom stereocenters. The van der Waals surface area contributed by atoms with E-state index in [-0.39, 0.29) is 0 Å². The van der Waals surface area contributed by atoms with E-state index in [0.717, 1.165) is 0 Å². The maximum atomic E-state index is 2.48. The summed E-state index contributed by atoms with van der Waals surface area (Å²) in [6.07, 6.45) is 17.5. The fraction of sp³-hybridized carbons (Fsp3) is 1.00. The van der Waals surface area contributed by atoms with Crippen molar-refractivity contribution in [3.05, 3.63) is 0 Å². The standard InChI is InChI=1S/C17H36N/c1-3-4-5-6-7-8-9-10-12-15-18(2)16-13-11-14-17-18/h3-17H2,1-2H3/q+1. The molecule has 1 saturated heterocycles. The first-order valence-electron chi connectivity index (χ1n) is 8.60. The van der Waals surface area contributed by atoms with Crippen molar-refractivity contribution in [2.75, 3.05) is 26.7 Å². The van der Waals surface area contributed by atoms with Gasteiger partial charge in [-0.2, -0.15) is 0 Å². The smallest absolute Gasteiger partial charge is 0.0784 e. The van der Waals surface area contributed by atoms with Crippen molar-refractivity contribution in [2.45, 2.75) is 84.0 Å². The molecular weight excluding hydrogens is 218 g/mol. The molecule has 1 rings (SSSR count). The lowest BCUT2D eigenvalue weighted by atomic mass is 10.1. The van der Waals surface area contributed by atoms with E-state index >= 15 is 0 Å². The van der Waals surface area contributed by atoms with Crippen LogP contribution in [0.2, 0.25) is 0 Å². The van der Waals surface area contributed by atoms with Gasteiger partial charge in [0.15, 0.2) is 0 Å². The van der Waals surface area contributed by atoms with E-state index in [1.807, 2.05) is 0 Å². The molecule has 108 valence electrons. The highest BCUT2D eigenvalue weighted by Crippen LogP contribution is 2.18. The van der Waals surface area contributed by atoms with Gasteiger partial charge in [-0.1, -0.05) is 51.9 Å². The largest absolute Gasteiger partial charge is 0.326 e. The van der Waals surface area contributed by atoms with Gasteiger partial charge in [-0.25, -0.2) is 0 Å². The Bertz CT molecular complexity index is 182. The molecule has 0 radical (unpaired) electrons. The molecule has 1 aliphatic heterocycles. The second-order valence-corrected chi connectivity index (χ2v) is 6.68. The van der Waals surface area contributed by atoms with Crippen LogP contribution in [0.3, 0.4) is 0 Å². The summed E-state index contributed by atoms with van der Waals surface area (Å²) in [5.41, 5.74) is 0. The highest BCUT2D eigenvalue weighted by Gasteiger charge is 2.23. The fourth-order valence-corrected chi connectivity index (χ4v) is 3.30. The Morgan fingerprint density at radius 3 is 1.72 bits per heavy atom. The minimum Gasteiger partial charge on any atom is -0.326 e. The number of rotatable bonds is 10. The lowest BCUT2D eigenvalue weighted by Gasteiger charge is -2.37. The van der Waals surface area contributed by atoms with Crippen LogP contribution < -0.4 is 0 Å². The third kappa shape index (κ3) is 7.41. The first-order chi connectivity index (χ1) is 8.77. The summed E-state index contributed by atoms with van der Waals surface area (Å²) in [5.74, 6) is 0. The molecule has 0 spiro atoms. The predicted octanol–water partition coefficient (Wildman–Crippen LogP) is 5.15. The Morgan fingerprint density at radius 2 is 1.17 bits per heavy atom. The van der Waals surface area contributed by atoms with Crippen LogP contribution in [0.15, 0.2) is 0 Å². The van der Waals surface area contributed by atoms with Gasteiger partial charge in [0.25, 0.3) is 0 Å². The molecule has 18 heavy (non-hydrogen) atoms. The summed E-state index contributed by atoms with van der Waals surface area (Å²) in [6, 6.07) is 0. The molecule has 0 amide bonds. The Morgan fingerprint density at radius 1 is 0.667 bits per heavy atom. The summed E-state index contributed by atoms with van der Waals surface area (Å²) in [5, 5.41) is 0. The quantitative estimate of drug-likeness (QED) is 0.374. The number of unbranched alkanes of at least 4 members (excludes halogenated alkanes) is 8. The van der Waals surface area contributed by atoms with Crippen LogP contribution >= 0.6 is 0 Å². The second-order valence-electron chi connectivity index (χ2n) is 6.68. The highest BCUT2D eigenvalue weighted by molar-refractivity contribution is 4.53. The molecule has 0 aliphatic carbocycles. The number of quaternary nitrogens is 1. The molecule has 1 nitrogen and oxygen atoms in total. The summed E-state index contributed by atoms with van der Waals surface area (Å²) in [4.78, 5) is 0. The average Bonchev–Trinajstić information content (AvgIpc) is 2.38. The Labute approximate surface area is 116 Å². The molecule has 1 heterocycles. The van der Waals surface area contributed by atoms with Crippen LogP contribution in [0.4, 0.5) is 0 Å².